The van der Waals surface area contributed by atoms with Crippen LogP contribution >= 0.6 is 0 Å². The Kier molecular flexibility index (Phi) is 2.41. The van der Waals surface area contributed by atoms with Crippen LogP contribution in [0, 0.1) is 6.92 Å². The van der Waals surface area contributed by atoms with E-state index in [0.717, 1.165) is 16.6 Å². The molecule has 78 valence electrons. The number of hydrogen-bond acceptors (Lipinski definition) is 3. The predicted molar refractivity (Wildman–Crippen MR) is 56.8 cm³/mol. The molecule has 0 unspecified atom stereocenters. The molecule has 0 amide bonds. The molecule has 4 nitrogen and oxygen atoms in total. The molecule has 0 spiro atoms. The first-order valence-electron chi connectivity index (χ1n) is 4.83. The highest BCUT2D eigenvalue weighted by atomic mass is 16.5. The standard InChI is InChI=1S/C11H12N2O2/c1-3-15-11(14)10-5-8-6-12-7(2)4-9(8)13-10/h4-6,13H,3H2,1-2H3. The highest BCUT2D eigenvalue weighted by molar-refractivity contribution is 5.94. The molecule has 2 rings (SSSR count). The lowest BCUT2D eigenvalue weighted by Gasteiger charge is -1.96. The molecular formula is C11H12N2O2. The monoisotopic (exact) mass is 204 g/mol. The third-order valence-corrected chi connectivity index (χ3v) is 2.14. The Morgan fingerprint density at radius 2 is 2.33 bits per heavy atom. The number of nitrogens with zero attached hydrogens (tertiary/aromatic N) is 1. The number of aromatic nitrogens is 2. The fourth-order valence-electron chi connectivity index (χ4n) is 1.45. The van der Waals surface area contributed by atoms with E-state index in [1.165, 1.54) is 0 Å². The van der Waals surface area contributed by atoms with Crippen molar-refractivity contribution in [3.8, 4) is 0 Å². The van der Waals surface area contributed by atoms with Crippen LogP contribution < -0.4 is 0 Å². The number of ether oxygens (including phenoxy) is 1. The van der Waals surface area contributed by atoms with E-state index < -0.39 is 0 Å². The first kappa shape index (κ1) is 9.71. The van der Waals surface area contributed by atoms with E-state index in [1.54, 1.807) is 19.2 Å². The maximum Gasteiger partial charge on any atom is 0.354 e. The van der Waals surface area contributed by atoms with Crippen molar-refractivity contribution in [1.29, 1.82) is 0 Å². The highest BCUT2D eigenvalue weighted by Crippen LogP contribution is 2.15. The van der Waals surface area contributed by atoms with E-state index in [-0.39, 0.29) is 5.97 Å². The minimum Gasteiger partial charge on any atom is -0.461 e. The molecule has 0 saturated carbocycles. The molecule has 2 heterocycles. The summed E-state index contributed by atoms with van der Waals surface area (Å²) in [6.45, 7) is 4.07. The van der Waals surface area contributed by atoms with E-state index in [0.29, 0.717) is 12.3 Å². The fraction of sp³-hybridized carbons (Fsp3) is 0.273. The van der Waals surface area contributed by atoms with E-state index in [1.807, 2.05) is 13.0 Å². The molecular weight excluding hydrogens is 192 g/mol. The van der Waals surface area contributed by atoms with Gasteiger partial charge in [-0.2, -0.15) is 0 Å². The van der Waals surface area contributed by atoms with Crippen molar-refractivity contribution >= 4 is 16.9 Å². The van der Waals surface area contributed by atoms with Gasteiger partial charge in [-0.15, -0.1) is 0 Å². The number of fused-ring (bicyclic) bond motifs is 1. The van der Waals surface area contributed by atoms with Crippen molar-refractivity contribution < 1.29 is 9.53 Å². The van der Waals surface area contributed by atoms with Crippen LogP contribution in [0.15, 0.2) is 18.3 Å². The molecule has 0 aliphatic rings. The van der Waals surface area contributed by atoms with E-state index in [2.05, 4.69) is 9.97 Å². The van der Waals surface area contributed by atoms with Crippen LogP contribution in [-0.4, -0.2) is 22.5 Å². The van der Waals surface area contributed by atoms with Crippen molar-refractivity contribution in [2.45, 2.75) is 13.8 Å². The number of rotatable bonds is 2. The number of carbonyl (C=O) groups excluding carboxylic acids is 1. The SMILES string of the molecule is CCOC(=O)c1cc2cnc(C)cc2[nH]1. The summed E-state index contributed by atoms with van der Waals surface area (Å²) in [6, 6.07) is 3.65. The Balaban J connectivity index is 2.42. The van der Waals surface area contributed by atoms with Gasteiger partial charge in [0.1, 0.15) is 5.69 Å². The number of esters is 1. The zero-order chi connectivity index (χ0) is 10.8. The summed E-state index contributed by atoms with van der Waals surface area (Å²) in [4.78, 5) is 18.6. The minimum absolute atomic E-state index is 0.327. The lowest BCUT2D eigenvalue weighted by atomic mass is 10.3. The maximum absolute atomic E-state index is 11.4. The number of hydrogen-bond donors (Lipinski definition) is 1. The molecule has 0 bridgehead atoms. The molecule has 0 aromatic carbocycles. The van der Waals surface area contributed by atoms with Gasteiger partial charge in [0.2, 0.25) is 0 Å². The van der Waals surface area contributed by atoms with Gasteiger partial charge >= 0.3 is 5.97 Å². The Morgan fingerprint density at radius 1 is 1.53 bits per heavy atom. The van der Waals surface area contributed by atoms with Crippen LogP contribution in [0.1, 0.15) is 23.1 Å². The number of H-pyrrole nitrogens is 1. The van der Waals surface area contributed by atoms with Crippen molar-refractivity contribution in [3.63, 3.8) is 0 Å². The van der Waals surface area contributed by atoms with Crippen LogP contribution in [0.5, 0.6) is 0 Å². The van der Waals surface area contributed by atoms with Crippen molar-refractivity contribution in [1.82, 2.24) is 9.97 Å². The van der Waals surface area contributed by atoms with E-state index in [4.69, 9.17) is 4.74 Å². The van der Waals surface area contributed by atoms with Gasteiger partial charge in [0.05, 0.1) is 6.61 Å². The minimum atomic E-state index is -0.327. The van der Waals surface area contributed by atoms with Gasteiger partial charge in [-0.05, 0) is 26.0 Å². The number of nitrogens with one attached hydrogen (secondary N) is 1. The van der Waals surface area contributed by atoms with Crippen LogP contribution in [-0.2, 0) is 4.74 Å². The Hall–Kier alpha value is -1.84. The van der Waals surface area contributed by atoms with Gasteiger partial charge in [0.15, 0.2) is 0 Å². The van der Waals surface area contributed by atoms with Crippen LogP contribution in [0.2, 0.25) is 0 Å². The van der Waals surface area contributed by atoms with Crippen molar-refractivity contribution in [2.75, 3.05) is 6.61 Å². The van der Waals surface area contributed by atoms with Gasteiger partial charge in [-0.1, -0.05) is 0 Å². The summed E-state index contributed by atoms with van der Waals surface area (Å²) < 4.78 is 4.90. The quantitative estimate of drug-likeness (QED) is 0.761. The maximum atomic E-state index is 11.4. The Labute approximate surface area is 87.3 Å². The second-order valence-electron chi connectivity index (χ2n) is 3.32. The third kappa shape index (κ3) is 1.83. The summed E-state index contributed by atoms with van der Waals surface area (Å²) >= 11 is 0. The van der Waals surface area contributed by atoms with Crippen molar-refractivity contribution in [3.05, 3.63) is 29.7 Å². The predicted octanol–water partition coefficient (Wildman–Crippen LogP) is 2.05. The number of aromatic amines is 1. The normalized spacial score (nSPS) is 10.5. The number of pyridine rings is 1. The van der Waals surface area contributed by atoms with Crippen LogP contribution in [0.4, 0.5) is 0 Å². The molecule has 2 aromatic rings. The molecule has 1 N–H and O–H groups in total. The number of aryl methyl sites for hydroxylation is 1. The molecule has 4 heteroatoms. The average molecular weight is 204 g/mol. The summed E-state index contributed by atoms with van der Waals surface area (Å²) in [7, 11) is 0. The summed E-state index contributed by atoms with van der Waals surface area (Å²) in [6.07, 6.45) is 1.74. The van der Waals surface area contributed by atoms with Gasteiger partial charge in [0, 0.05) is 22.8 Å². The summed E-state index contributed by atoms with van der Waals surface area (Å²) in [5.74, 6) is -0.327. The molecule has 0 radical (unpaired) electrons. The lowest BCUT2D eigenvalue weighted by molar-refractivity contribution is 0.0520. The highest BCUT2D eigenvalue weighted by Gasteiger charge is 2.09. The van der Waals surface area contributed by atoms with E-state index >= 15 is 0 Å². The smallest absolute Gasteiger partial charge is 0.354 e. The zero-order valence-electron chi connectivity index (χ0n) is 8.70. The Morgan fingerprint density at radius 3 is 3.07 bits per heavy atom. The molecule has 0 saturated heterocycles. The zero-order valence-corrected chi connectivity index (χ0v) is 8.70. The van der Waals surface area contributed by atoms with Gasteiger partial charge in [-0.3, -0.25) is 4.98 Å². The molecule has 0 fully saturated rings. The second kappa shape index (κ2) is 3.73. The summed E-state index contributed by atoms with van der Waals surface area (Å²) in [5.41, 5.74) is 2.30. The third-order valence-electron chi connectivity index (χ3n) is 2.14. The van der Waals surface area contributed by atoms with Gasteiger partial charge in [-0.25, -0.2) is 4.79 Å². The molecule has 2 aromatic heterocycles. The second-order valence-corrected chi connectivity index (χ2v) is 3.32. The largest absolute Gasteiger partial charge is 0.461 e. The van der Waals surface area contributed by atoms with E-state index in [9.17, 15) is 4.79 Å². The lowest BCUT2D eigenvalue weighted by Crippen LogP contribution is -2.04. The first-order valence-corrected chi connectivity index (χ1v) is 4.83. The summed E-state index contributed by atoms with van der Waals surface area (Å²) in [5, 5.41) is 0.920. The average Bonchev–Trinajstić information content (AvgIpc) is 2.60. The molecule has 0 aliphatic heterocycles. The fourth-order valence-corrected chi connectivity index (χ4v) is 1.45. The van der Waals surface area contributed by atoms with Crippen molar-refractivity contribution in [2.24, 2.45) is 0 Å². The van der Waals surface area contributed by atoms with Crippen LogP contribution in [0.3, 0.4) is 0 Å². The molecule has 15 heavy (non-hydrogen) atoms. The van der Waals surface area contributed by atoms with Gasteiger partial charge in [0.25, 0.3) is 0 Å². The molecule has 0 atom stereocenters. The number of carbonyl (C=O) groups is 1. The van der Waals surface area contributed by atoms with Crippen LogP contribution in [0.25, 0.3) is 10.9 Å². The Bertz CT molecular complexity index is 502. The first-order chi connectivity index (χ1) is 7.20. The van der Waals surface area contributed by atoms with Gasteiger partial charge < -0.3 is 9.72 Å². The topological polar surface area (TPSA) is 55.0 Å². The molecule has 0 aliphatic carbocycles.